The summed E-state index contributed by atoms with van der Waals surface area (Å²) < 4.78 is 5.54. The molecule has 1 aromatic heterocycles. The molecule has 1 N–H and O–H groups in total. The Labute approximate surface area is 89.1 Å². The van der Waals surface area contributed by atoms with Gasteiger partial charge in [-0.05, 0) is 26.3 Å². The molecule has 15 heavy (non-hydrogen) atoms. The van der Waals surface area contributed by atoms with Crippen LogP contribution in [0.3, 0.4) is 0 Å². The fourth-order valence-corrected chi connectivity index (χ4v) is 1.87. The van der Waals surface area contributed by atoms with Crippen LogP contribution in [0.1, 0.15) is 43.9 Å². The van der Waals surface area contributed by atoms with Gasteiger partial charge in [-0.15, -0.1) is 0 Å². The number of hydrogen-bond donors (Lipinski definition) is 1. The van der Waals surface area contributed by atoms with Crippen molar-refractivity contribution in [2.45, 2.75) is 38.6 Å². The fraction of sp³-hybridized carbons (Fsp3) is 0.636. The van der Waals surface area contributed by atoms with E-state index in [0.717, 1.165) is 18.9 Å². The van der Waals surface area contributed by atoms with Gasteiger partial charge in [0, 0.05) is 0 Å². The van der Waals surface area contributed by atoms with E-state index in [1.54, 1.807) is 13.1 Å². The molecule has 1 unspecified atom stereocenters. The number of hydrogen-bond acceptors (Lipinski definition) is 4. The molecule has 4 heteroatoms. The number of Topliss-reactive ketones (excluding diaryl/α,β-unsaturated/α-hetero) is 1. The van der Waals surface area contributed by atoms with Crippen molar-refractivity contribution in [1.82, 2.24) is 10.3 Å². The van der Waals surface area contributed by atoms with Gasteiger partial charge in [0.25, 0.3) is 0 Å². The summed E-state index contributed by atoms with van der Waals surface area (Å²) in [6, 6.07) is 0.236. The van der Waals surface area contributed by atoms with Crippen LogP contribution in [0, 0.1) is 0 Å². The number of carbonyl (C=O) groups excluding carboxylic acids is 1. The van der Waals surface area contributed by atoms with Crippen molar-refractivity contribution in [3.05, 3.63) is 17.8 Å². The molecule has 1 aliphatic heterocycles. The highest BCUT2D eigenvalue weighted by molar-refractivity contribution is 5.77. The minimum absolute atomic E-state index is 0.106. The van der Waals surface area contributed by atoms with Crippen LogP contribution in [0.15, 0.2) is 10.6 Å². The largest absolute Gasteiger partial charge is 0.444 e. The van der Waals surface area contributed by atoms with Crippen molar-refractivity contribution in [3.8, 4) is 0 Å². The van der Waals surface area contributed by atoms with Gasteiger partial charge in [-0.2, -0.15) is 0 Å². The number of aromatic nitrogens is 1. The summed E-state index contributed by atoms with van der Waals surface area (Å²) in [4.78, 5) is 15.1. The number of oxazole rings is 1. The SMILES string of the molecule is CC(=O)Cc1cnc(C2CCCCN2)o1. The molecule has 2 rings (SSSR count). The van der Waals surface area contributed by atoms with Crippen molar-refractivity contribution >= 4 is 5.78 Å². The Bertz CT molecular complexity index is 340. The summed E-state index contributed by atoms with van der Waals surface area (Å²) >= 11 is 0. The summed E-state index contributed by atoms with van der Waals surface area (Å²) in [5.41, 5.74) is 0. The molecule has 1 atom stereocenters. The Balaban J connectivity index is 2.02. The average Bonchev–Trinajstić information content (AvgIpc) is 2.67. The number of ketones is 1. The average molecular weight is 208 g/mol. The third-order valence-electron chi connectivity index (χ3n) is 2.60. The monoisotopic (exact) mass is 208 g/mol. The Morgan fingerprint density at radius 2 is 2.53 bits per heavy atom. The smallest absolute Gasteiger partial charge is 0.211 e. The maximum absolute atomic E-state index is 10.9. The molecule has 0 bridgehead atoms. The molecule has 0 spiro atoms. The van der Waals surface area contributed by atoms with Gasteiger partial charge in [0.2, 0.25) is 5.89 Å². The third kappa shape index (κ3) is 2.65. The molecule has 0 aliphatic carbocycles. The number of nitrogens with one attached hydrogen (secondary N) is 1. The maximum Gasteiger partial charge on any atom is 0.211 e. The van der Waals surface area contributed by atoms with Crippen LogP contribution in [-0.2, 0) is 11.2 Å². The molecule has 82 valence electrons. The lowest BCUT2D eigenvalue weighted by Gasteiger charge is -2.20. The number of piperidine rings is 1. The molecule has 1 aromatic rings. The first-order valence-electron chi connectivity index (χ1n) is 5.43. The van der Waals surface area contributed by atoms with Gasteiger partial charge in [-0.3, -0.25) is 4.79 Å². The molecule has 1 saturated heterocycles. The quantitative estimate of drug-likeness (QED) is 0.820. The van der Waals surface area contributed by atoms with Gasteiger partial charge in [-0.1, -0.05) is 6.42 Å². The fourth-order valence-electron chi connectivity index (χ4n) is 1.87. The Morgan fingerprint density at radius 1 is 1.67 bits per heavy atom. The molecule has 2 heterocycles. The highest BCUT2D eigenvalue weighted by Crippen LogP contribution is 2.22. The zero-order valence-corrected chi connectivity index (χ0v) is 8.95. The summed E-state index contributed by atoms with van der Waals surface area (Å²) in [6.45, 7) is 2.58. The lowest BCUT2D eigenvalue weighted by atomic mass is 10.1. The maximum atomic E-state index is 10.9. The van der Waals surface area contributed by atoms with Crippen molar-refractivity contribution in [1.29, 1.82) is 0 Å². The normalized spacial score (nSPS) is 21.5. The molecule has 4 nitrogen and oxygen atoms in total. The molecule has 0 saturated carbocycles. The molecular weight excluding hydrogens is 192 g/mol. The van der Waals surface area contributed by atoms with Gasteiger partial charge < -0.3 is 9.73 Å². The van der Waals surface area contributed by atoms with E-state index in [4.69, 9.17) is 4.42 Å². The van der Waals surface area contributed by atoms with Crippen molar-refractivity contribution in [2.75, 3.05) is 6.54 Å². The second-order valence-electron chi connectivity index (χ2n) is 4.05. The first kappa shape index (κ1) is 10.4. The van der Waals surface area contributed by atoms with E-state index in [-0.39, 0.29) is 11.8 Å². The first-order chi connectivity index (χ1) is 7.25. The van der Waals surface area contributed by atoms with Crippen molar-refractivity contribution in [3.63, 3.8) is 0 Å². The van der Waals surface area contributed by atoms with Crippen LogP contribution in [0.25, 0.3) is 0 Å². The van der Waals surface area contributed by atoms with Crippen molar-refractivity contribution in [2.24, 2.45) is 0 Å². The molecule has 0 aromatic carbocycles. The van der Waals surface area contributed by atoms with Crippen LogP contribution in [0.4, 0.5) is 0 Å². The van der Waals surface area contributed by atoms with Crippen LogP contribution < -0.4 is 5.32 Å². The molecular formula is C11H16N2O2. The van der Waals surface area contributed by atoms with E-state index in [0.29, 0.717) is 12.2 Å². The predicted octanol–water partition coefficient (Wildman–Crippen LogP) is 1.62. The Hall–Kier alpha value is -1.16. The lowest BCUT2D eigenvalue weighted by Crippen LogP contribution is -2.26. The zero-order chi connectivity index (χ0) is 10.7. The van der Waals surface area contributed by atoms with E-state index < -0.39 is 0 Å². The summed E-state index contributed by atoms with van der Waals surface area (Å²) in [5.74, 6) is 1.50. The molecule has 1 fully saturated rings. The van der Waals surface area contributed by atoms with Crippen LogP contribution >= 0.6 is 0 Å². The predicted molar refractivity (Wildman–Crippen MR) is 55.5 cm³/mol. The van der Waals surface area contributed by atoms with E-state index >= 15 is 0 Å². The first-order valence-corrected chi connectivity index (χ1v) is 5.43. The van der Waals surface area contributed by atoms with E-state index in [1.165, 1.54) is 12.8 Å². The van der Waals surface area contributed by atoms with Gasteiger partial charge in [0.1, 0.15) is 11.5 Å². The Morgan fingerprint density at radius 3 is 3.20 bits per heavy atom. The minimum Gasteiger partial charge on any atom is -0.444 e. The highest BCUT2D eigenvalue weighted by Gasteiger charge is 2.19. The van der Waals surface area contributed by atoms with Crippen molar-refractivity contribution < 1.29 is 9.21 Å². The van der Waals surface area contributed by atoms with Gasteiger partial charge >= 0.3 is 0 Å². The summed E-state index contributed by atoms with van der Waals surface area (Å²) in [7, 11) is 0. The van der Waals surface area contributed by atoms with E-state index in [2.05, 4.69) is 10.3 Å². The standard InChI is InChI=1S/C11H16N2O2/c1-8(14)6-9-7-13-11(15-9)10-4-2-3-5-12-10/h7,10,12H,2-6H2,1H3. The second kappa shape index (κ2) is 4.57. The van der Waals surface area contributed by atoms with E-state index in [1.807, 2.05) is 0 Å². The number of carbonyl (C=O) groups is 1. The summed E-state index contributed by atoms with van der Waals surface area (Å²) in [5, 5.41) is 3.36. The zero-order valence-electron chi connectivity index (χ0n) is 8.95. The second-order valence-corrected chi connectivity index (χ2v) is 4.05. The number of nitrogens with zero attached hydrogens (tertiary/aromatic N) is 1. The molecule has 0 radical (unpaired) electrons. The van der Waals surface area contributed by atoms with Gasteiger partial charge in [0.15, 0.2) is 0 Å². The Kier molecular flexibility index (Phi) is 3.16. The minimum atomic E-state index is 0.106. The number of rotatable bonds is 3. The van der Waals surface area contributed by atoms with E-state index in [9.17, 15) is 4.79 Å². The molecule has 1 aliphatic rings. The van der Waals surface area contributed by atoms with Crippen LogP contribution in [0.5, 0.6) is 0 Å². The van der Waals surface area contributed by atoms with Gasteiger partial charge in [0.05, 0.1) is 18.7 Å². The van der Waals surface area contributed by atoms with Crippen LogP contribution in [-0.4, -0.2) is 17.3 Å². The third-order valence-corrected chi connectivity index (χ3v) is 2.60. The van der Waals surface area contributed by atoms with Crippen LogP contribution in [0.2, 0.25) is 0 Å². The highest BCUT2D eigenvalue weighted by atomic mass is 16.4. The molecule has 0 amide bonds. The summed E-state index contributed by atoms with van der Waals surface area (Å²) in [6.07, 6.45) is 5.51. The lowest BCUT2D eigenvalue weighted by molar-refractivity contribution is -0.116. The topological polar surface area (TPSA) is 55.1 Å². The van der Waals surface area contributed by atoms with Gasteiger partial charge in [-0.25, -0.2) is 4.98 Å².